The molecule has 2 amide bonds. The minimum Gasteiger partial charge on any atom is -0.484 e. The van der Waals surface area contributed by atoms with E-state index in [0.29, 0.717) is 25.7 Å². The Balaban J connectivity index is 1.36. The molecular formula is C22H24ClF3N4O4. The highest BCUT2D eigenvalue weighted by molar-refractivity contribution is 6.30. The number of carbonyl (C=O) groups excluding carboxylic acids is 2. The zero-order chi connectivity index (χ0) is 24.7. The van der Waals surface area contributed by atoms with Crippen molar-refractivity contribution in [2.24, 2.45) is 7.05 Å². The van der Waals surface area contributed by atoms with E-state index in [4.69, 9.17) is 16.3 Å². The summed E-state index contributed by atoms with van der Waals surface area (Å²) in [5.41, 5.74) is -2.06. The van der Waals surface area contributed by atoms with E-state index in [-0.39, 0.29) is 29.5 Å². The van der Waals surface area contributed by atoms with Crippen LogP contribution in [0.2, 0.25) is 5.02 Å². The molecule has 0 saturated heterocycles. The number of ether oxygens (including phenoxy) is 1. The molecule has 1 aromatic heterocycles. The number of aliphatic hydroxyl groups excluding tert-OH is 1. The molecule has 2 aromatic rings. The maximum Gasteiger partial charge on any atom is 0.282 e. The minimum atomic E-state index is -2.79. The molecule has 3 aliphatic carbocycles. The molecular weight excluding hydrogens is 477 g/mol. The van der Waals surface area contributed by atoms with Gasteiger partial charge in [-0.25, -0.2) is 13.2 Å². The fourth-order valence-electron chi connectivity index (χ4n) is 4.80. The second kappa shape index (κ2) is 9.10. The molecule has 0 radical (unpaired) electrons. The van der Waals surface area contributed by atoms with E-state index >= 15 is 0 Å². The molecule has 0 spiro atoms. The number of fused-ring (bicyclic) bond motifs is 3. The molecule has 2 bridgehead atoms. The number of halogens is 4. The van der Waals surface area contributed by atoms with Gasteiger partial charge in [0, 0.05) is 18.7 Å². The average molecular weight is 501 g/mol. The molecule has 1 heterocycles. The van der Waals surface area contributed by atoms with Crippen molar-refractivity contribution in [3.05, 3.63) is 46.5 Å². The number of carbonyl (C=O) groups is 2. The SMILES string of the molecule is Cn1nc(C(F)F)cc1C(=O)NC12CCC(NC(=O)COc3ccc(Cl)c(F)c3)(CC1)C(O)C2. The van der Waals surface area contributed by atoms with Crippen LogP contribution in [0.25, 0.3) is 0 Å². The summed E-state index contributed by atoms with van der Waals surface area (Å²) >= 11 is 5.63. The highest BCUT2D eigenvalue weighted by Crippen LogP contribution is 2.47. The summed E-state index contributed by atoms with van der Waals surface area (Å²) in [6.07, 6.45) is -1.74. The maximum absolute atomic E-state index is 13.5. The molecule has 12 heteroatoms. The van der Waals surface area contributed by atoms with Gasteiger partial charge in [0.05, 0.1) is 16.7 Å². The maximum atomic E-state index is 13.5. The summed E-state index contributed by atoms with van der Waals surface area (Å²) < 4.78 is 45.8. The van der Waals surface area contributed by atoms with Crippen LogP contribution in [0, 0.1) is 5.82 Å². The van der Waals surface area contributed by atoms with Crippen LogP contribution in [-0.2, 0) is 11.8 Å². The first-order chi connectivity index (χ1) is 16.0. The van der Waals surface area contributed by atoms with E-state index in [1.807, 2.05) is 0 Å². The van der Waals surface area contributed by atoms with Gasteiger partial charge in [0.1, 0.15) is 23.0 Å². The van der Waals surface area contributed by atoms with Crippen molar-refractivity contribution in [3.8, 4) is 5.75 Å². The molecule has 3 saturated carbocycles. The van der Waals surface area contributed by atoms with E-state index in [1.165, 1.54) is 19.2 Å². The van der Waals surface area contributed by atoms with Crippen molar-refractivity contribution < 1.29 is 32.6 Å². The number of benzene rings is 1. The Kier molecular flexibility index (Phi) is 6.52. The predicted molar refractivity (Wildman–Crippen MR) is 115 cm³/mol. The Morgan fingerprint density at radius 1 is 1.26 bits per heavy atom. The summed E-state index contributed by atoms with van der Waals surface area (Å²) in [5.74, 6) is -1.53. The molecule has 1 unspecified atom stereocenters. The number of alkyl halides is 2. The van der Waals surface area contributed by atoms with E-state index < -0.39 is 46.9 Å². The van der Waals surface area contributed by atoms with Crippen LogP contribution in [0.3, 0.4) is 0 Å². The lowest BCUT2D eigenvalue weighted by atomic mass is 9.60. The first-order valence-corrected chi connectivity index (χ1v) is 11.1. The van der Waals surface area contributed by atoms with Crippen LogP contribution in [-0.4, -0.2) is 50.5 Å². The van der Waals surface area contributed by atoms with E-state index in [1.54, 1.807) is 0 Å². The molecule has 8 nitrogen and oxygen atoms in total. The fraction of sp³-hybridized carbons (Fsp3) is 0.500. The molecule has 1 aromatic carbocycles. The third kappa shape index (κ3) is 4.72. The predicted octanol–water partition coefficient (Wildman–Crippen LogP) is 2.89. The van der Waals surface area contributed by atoms with Crippen molar-refractivity contribution >= 4 is 23.4 Å². The molecule has 5 rings (SSSR count). The first-order valence-electron chi connectivity index (χ1n) is 10.7. The van der Waals surface area contributed by atoms with E-state index in [2.05, 4.69) is 15.7 Å². The van der Waals surface area contributed by atoms with Crippen molar-refractivity contribution in [2.45, 2.75) is 55.7 Å². The molecule has 184 valence electrons. The van der Waals surface area contributed by atoms with Gasteiger partial charge in [0.15, 0.2) is 6.61 Å². The molecule has 3 fully saturated rings. The summed E-state index contributed by atoms with van der Waals surface area (Å²) in [4.78, 5) is 25.3. The number of nitrogens with one attached hydrogen (secondary N) is 2. The van der Waals surface area contributed by atoms with Crippen molar-refractivity contribution in [1.29, 1.82) is 0 Å². The standard InChI is InChI=1S/C22H24ClF3N4O4/c1-30-16(9-15(29-30)19(25)26)20(33)28-21-4-6-22(7-5-21,17(31)10-21)27-18(32)11-34-12-2-3-13(23)14(24)8-12/h2-3,8-9,17,19,31H,4-7,10-11H2,1H3,(H,27,32)(H,28,33). The van der Waals surface area contributed by atoms with Gasteiger partial charge in [-0.3, -0.25) is 14.3 Å². The van der Waals surface area contributed by atoms with E-state index in [9.17, 15) is 27.9 Å². The van der Waals surface area contributed by atoms with Crippen molar-refractivity contribution in [1.82, 2.24) is 20.4 Å². The zero-order valence-corrected chi connectivity index (χ0v) is 19.0. The first kappa shape index (κ1) is 24.3. The van der Waals surface area contributed by atoms with Crippen LogP contribution in [0.5, 0.6) is 5.75 Å². The molecule has 1 atom stereocenters. The Labute approximate surface area is 198 Å². The monoisotopic (exact) mass is 500 g/mol. The average Bonchev–Trinajstić information content (AvgIpc) is 3.18. The Hall–Kier alpha value is -2.79. The zero-order valence-electron chi connectivity index (χ0n) is 18.3. The number of amides is 2. The van der Waals surface area contributed by atoms with Gasteiger partial charge >= 0.3 is 0 Å². The lowest BCUT2D eigenvalue weighted by Crippen LogP contribution is -2.70. The van der Waals surface area contributed by atoms with Gasteiger partial charge < -0.3 is 20.5 Å². The number of aromatic nitrogens is 2. The summed E-state index contributed by atoms with van der Waals surface area (Å²) in [7, 11) is 1.41. The quantitative estimate of drug-likeness (QED) is 0.542. The highest BCUT2D eigenvalue weighted by atomic mass is 35.5. The van der Waals surface area contributed by atoms with Crippen LogP contribution in [0.15, 0.2) is 24.3 Å². The number of nitrogens with zero attached hydrogens (tertiary/aromatic N) is 2. The minimum absolute atomic E-state index is 0.00524. The van der Waals surface area contributed by atoms with Crippen LogP contribution >= 0.6 is 11.6 Å². The Morgan fingerprint density at radius 2 is 1.97 bits per heavy atom. The number of rotatable bonds is 7. The number of aryl methyl sites for hydroxylation is 1. The highest BCUT2D eigenvalue weighted by Gasteiger charge is 2.55. The molecule has 0 aliphatic heterocycles. The smallest absolute Gasteiger partial charge is 0.282 e. The lowest BCUT2D eigenvalue weighted by molar-refractivity contribution is -0.132. The number of aliphatic hydroxyl groups is 1. The van der Waals surface area contributed by atoms with E-state index in [0.717, 1.165) is 16.8 Å². The van der Waals surface area contributed by atoms with Gasteiger partial charge in [0.2, 0.25) is 0 Å². The number of hydrogen-bond acceptors (Lipinski definition) is 5. The largest absolute Gasteiger partial charge is 0.484 e. The topological polar surface area (TPSA) is 105 Å². The van der Waals surface area contributed by atoms with Gasteiger partial charge in [-0.05, 0) is 50.3 Å². The van der Waals surface area contributed by atoms with Gasteiger partial charge in [-0.2, -0.15) is 5.10 Å². The van der Waals surface area contributed by atoms with Crippen LogP contribution < -0.4 is 15.4 Å². The van der Waals surface area contributed by atoms with Crippen molar-refractivity contribution in [3.63, 3.8) is 0 Å². The van der Waals surface area contributed by atoms with Gasteiger partial charge in [-0.1, -0.05) is 11.6 Å². The number of hydrogen-bond donors (Lipinski definition) is 3. The summed E-state index contributed by atoms with van der Waals surface area (Å²) in [6.45, 7) is -0.371. The van der Waals surface area contributed by atoms with Gasteiger partial charge in [-0.15, -0.1) is 0 Å². The van der Waals surface area contributed by atoms with Gasteiger partial charge in [0.25, 0.3) is 18.2 Å². The van der Waals surface area contributed by atoms with Crippen molar-refractivity contribution in [2.75, 3.05) is 6.61 Å². The van der Waals surface area contributed by atoms with Crippen LogP contribution in [0.4, 0.5) is 13.2 Å². The Morgan fingerprint density at radius 3 is 2.56 bits per heavy atom. The van der Waals surface area contributed by atoms with Crippen LogP contribution in [0.1, 0.15) is 54.7 Å². The molecule has 3 aliphatic rings. The Bertz CT molecular complexity index is 1100. The second-order valence-corrected chi connectivity index (χ2v) is 9.31. The third-order valence-electron chi connectivity index (χ3n) is 6.70. The third-order valence-corrected chi connectivity index (χ3v) is 7.01. The summed E-state index contributed by atoms with van der Waals surface area (Å²) in [6, 6.07) is 4.89. The molecule has 3 N–H and O–H groups in total. The lowest BCUT2D eigenvalue weighted by Gasteiger charge is -2.56. The molecule has 34 heavy (non-hydrogen) atoms. The summed E-state index contributed by atoms with van der Waals surface area (Å²) in [5, 5.41) is 20.2. The second-order valence-electron chi connectivity index (χ2n) is 8.90. The normalized spacial score (nSPS) is 25.9. The fourth-order valence-corrected chi connectivity index (χ4v) is 4.92.